The number of ether oxygens (including phenoxy) is 1. The molecule has 308 valence electrons. The maximum Gasteiger partial charge on any atom is 0.410 e. The first kappa shape index (κ1) is 44.8. The van der Waals surface area contributed by atoms with Crippen molar-refractivity contribution < 1.29 is 18.8 Å². The van der Waals surface area contributed by atoms with Crippen molar-refractivity contribution in [1.29, 1.82) is 0 Å². The minimum Gasteiger partial charge on any atom is -0.444 e. The number of benzene rings is 2. The number of piperidine rings is 1. The maximum absolute atomic E-state index is 14.2. The van der Waals surface area contributed by atoms with E-state index in [1.165, 1.54) is 64.2 Å². The van der Waals surface area contributed by atoms with Gasteiger partial charge in [0, 0.05) is 25.7 Å². The molecule has 3 amide bonds. The number of unbranched alkanes of at least 4 members (excludes halogenated alkanes) is 10. The summed E-state index contributed by atoms with van der Waals surface area (Å²) in [5.41, 5.74) is 1.59. The zero-order valence-electron chi connectivity index (χ0n) is 36.2. The van der Waals surface area contributed by atoms with Crippen LogP contribution < -0.4 is 0 Å². The van der Waals surface area contributed by atoms with Gasteiger partial charge in [-0.3, -0.25) is 4.90 Å². The van der Waals surface area contributed by atoms with E-state index in [1.54, 1.807) is 0 Å². The summed E-state index contributed by atoms with van der Waals surface area (Å²) in [5.74, 6) is 0. The highest BCUT2D eigenvalue weighted by molar-refractivity contribution is 6.74. The van der Waals surface area contributed by atoms with Crippen molar-refractivity contribution in [3.8, 4) is 0 Å². The van der Waals surface area contributed by atoms with E-state index in [0.29, 0.717) is 33.0 Å². The van der Waals surface area contributed by atoms with Crippen molar-refractivity contribution >= 4 is 20.4 Å². The van der Waals surface area contributed by atoms with Crippen LogP contribution in [0.5, 0.6) is 0 Å². The lowest BCUT2D eigenvalue weighted by Gasteiger charge is -2.53. The lowest BCUT2D eigenvalue weighted by molar-refractivity contribution is -0.0782. The van der Waals surface area contributed by atoms with Crippen LogP contribution in [0.15, 0.2) is 60.7 Å². The molecule has 2 heterocycles. The second kappa shape index (κ2) is 21.0. The van der Waals surface area contributed by atoms with Gasteiger partial charge in [0.05, 0.1) is 25.5 Å². The minimum atomic E-state index is -2.21. The van der Waals surface area contributed by atoms with Crippen LogP contribution in [0.3, 0.4) is 0 Å². The molecular weight excluding hydrogens is 701 g/mol. The molecule has 4 rings (SSSR count). The van der Waals surface area contributed by atoms with E-state index in [9.17, 15) is 9.59 Å². The molecule has 2 fully saturated rings. The standard InChI is InChI=1S/C46H76N4O4Si/c1-10-11-12-13-14-15-16-17-18-19-26-31-40-32-42(54-55(8,9)46(5,6)7)41(35-50(40)44(52)53-45(2,3)4)49-36-47(33-38-27-22-20-23-28-38)43(51)48(37-49)34-39-29-24-21-25-30-39/h20-25,27-30,40-42H,10-19,26,31-37H2,1-9H3/t40-,41+,42-/m1/s1. The van der Waals surface area contributed by atoms with E-state index in [1.807, 2.05) is 71.9 Å². The summed E-state index contributed by atoms with van der Waals surface area (Å²) >= 11 is 0. The Morgan fingerprint density at radius 2 is 1.20 bits per heavy atom. The Morgan fingerprint density at radius 1 is 0.727 bits per heavy atom. The molecule has 0 spiro atoms. The molecule has 0 bridgehead atoms. The van der Waals surface area contributed by atoms with Gasteiger partial charge in [-0.1, -0.05) is 159 Å². The van der Waals surface area contributed by atoms with Gasteiger partial charge >= 0.3 is 12.1 Å². The Labute approximate surface area is 336 Å². The van der Waals surface area contributed by atoms with Gasteiger partial charge < -0.3 is 23.9 Å². The van der Waals surface area contributed by atoms with Gasteiger partial charge in [0.2, 0.25) is 0 Å². The zero-order valence-corrected chi connectivity index (χ0v) is 37.2. The van der Waals surface area contributed by atoms with Crippen LogP contribution in [-0.2, 0) is 22.3 Å². The average Bonchev–Trinajstić information content (AvgIpc) is 3.12. The molecule has 0 aromatic heterocycles. The van der Waals surface area contributed by atoms with E-state index in [0.717, 1.165) is 30.4 Å². The number of nitrogens with zero attached hydrogens (tertiary/aromatic N) is 4. The molecule has 2 aromatic rings. The number of carbonyl (C=O) groups is 2. The molecule has 0 aliphatic carbocycles. The number of rotatable bonds is 19. The summed E-state index contributed by atoms with van der Waals surface area (Å²) in [7, 11) is -2.21. The zero-order chi connectivity index (χ0) is 40.1. The van der Waals surface area contributed by atoms with Gasteiger partial charge in [-0.2, -0.15) is 0 Å². The first-order valence-corrected chi connectivity index (χ1v) is 24.5. The monoisotopic (exact) mass is 777 g/mol. The molecular formula is C46H76N4O4Si. The summed E-state index contributed by atoms with van der Waals surface area (Å²) in [4.78, 5) is 36.7. The predicted molar refractivity (Wildman–Crippen MR) is 229 cm³/mol. The highest BCUT2D eigenvalue weighted by Gasteiger charge is 2.48. The molecule has 55 heavy (non-hydrogen) atoms. The van der Waals surface area contributed by atoms with Gasteiger partial charge in [-0.25, -0.2) is 9.59 Å². The van der Waals surface area contributed by atoms with Gasteiger partial charge in [0.1, 0.15) is 5.60 Å². The van der Waals surface area contributed by atoms with Gasteiger partial charge in [0.15, 0.2) is 8.32 Å². The number of likely N-dealkylation sites (tertiary alicyclic amines) is 1. The van der Waals surface area contributed by atoms with Gasteiger partial charge in [0.25, 0.3) is 0 Å². The quantitative estimate of drug-likeness (QED) is 0.105. The Kier molecular flexibility index (Phi) is 17.1. The number of urea groups is 1. The predicted octanol–water partition coefficient (Wildman–Crippen LogP) is 11.8. The smallest absolute Gasteiger partial charge is 0.410 e. The van der Waals surface area contributed by atoms with Crippen LogP contribution in [0, 0.1) is 0 Å². The number of carbonyl (C=O) groups excluding carboxylic acids is 2. The molecule has 0 N–H and O–H groups in total. The molecule has 9 heteroatoms. The van der Waals surface area contributed by atoms with Crippen molar-refractivity contribution in [2.45, 2.75) is 187 Å². The summed E-state index contributed by atoms with van der Waals surface area (Å²) in [6.07, 6.45) is 15.6. The van der Waals surface area contributed by atoms with Crippen LogP contribution >= 0.6 is 0 Å². The molecule has 0 radical (unpaired) electrons. The summed E-state index contributed by atoms with van der Waals surface area (Å²) in [6.45, 7) is 22.2. The fourth-order valence-electron chi connectivity index (χ4n) is 7.77. The second-order valence-electron chi connectivity index (χ2n) is 18.9. The highest BCUT2D eigenvalue weighted by atomic mass is 28.4. The normalized spacial score (nSPS) is 20.3. The van der Waals surface area contributed by atoms with Crippen LogP contribution in [0.1, 0.15) is 143 Å². The second-order valence-corrected chi connectivity index (χ2v) is 23.6. The third kappa shape index (κ3) is 14.2. The van der Waals surface area contributed by atoms with Crippen LogP contribution in [0.2, 0.25) is 18.1 Å². The molecule has 0 saturated carbocycles. The number of hydrogen-bond donors (Lipinski definition) is 0. The molecule has 2 saturated heterocycles. The average molecular weight is 777 g/mol. The SMILES string of the molecule is CCCCCCCCCCCCC[C@@H]1C[C@@H](O[Si](C)(C)C(C)(C)C)[C@@H](N2CN(Cc3ccccc3)C(=O)N(Cc3ccccc3)C2)CN1C(=O)OC(C)(C)C. The first-order chi connectivity index (χ1) is 26.1. The van der Waals surface area contributed by atoms with Crippen molar-refractivity contribution in [2.24, 2.45) is 0 Å². The Morgan fingerprint density at radius 3 is 1.65 bits per heavy atom. The molecule has 3 atom stereocenters. The van der Waals surface area contributed by atoms with E-state index in [4.69, 9.17) is 9.16 Å². The van der Waals surface area contributed by atoms with Crippen molar-refractivity contribution in [1.82, 2.24) is 19.6 Å². The molecule has 0 unspecified atom stereocenters. The molecule has 2 aliphatic rings. The molecule has 8 nitrogen and oxygen atoms in total. The Bertz CT molecular complexity index is 1370. The maximum atomic E-state index is 14.2. The summed E-state index contributed by atoms with van der Waals surface area (Å²) in [6, 6.07) is 20.4. The first-order valence-electron chi connectivity index (χ1n) is 21.6. The topological polar surface area (TPSA) is 65.6 Å². The van der Waals surface area contributed by atoms with Crippen LogP contribution in [-0.4, -0.2) is 83.7 Å². The van der Waals surface area contributed by atoms with Crippen molar-refractivity contribution in [2.75, 3.05) is 19.9 Å². The Hall–Kier alpha value is -2.88. The van der Waals surface area contributed by atoms with Gasteiger partial charge in [-0.05, 0) is 62.9 Å². The minimum absolute atomic E-state index is 0.0278. The van der Waals surface area contributed by atoms with Crippen LogP contribution in [0.4, 0.5) is 9.59 Å². The third-order valence-corrected chi connectivity index (χ3v) is 16.4. The van der Waals surface area contributed by atoms with E-state index in [-0.39, 0.29) is 35.4 Å². The molecule has 2 aliphatic heterocycles. The third-order valence-electron chi connectivity index (χ3n) is 11.9. The fraction of sp³-hybridized carbons (Fsp3) is 0.696. The van der Waals surface area contributed by atoms with Gasteiger partial charge in [-0.15, -0.1) is 0 Å². The Balaban J connectivity index is 1.58. The lowest BCUT2D eigenvalue weighted by Crippen LogP contribution is -2.68. The highest BCUT2D eigenvalue weighted by Crippen LogP contribution is 2.40. The fourth-order valence-corrected chi connectivity index (χ4v) is 9.14. The summed E-state index contributed by atoms with van der Waals surface area (Å²) < 4.78 is 13.5. The molecule has 2 aromatic carbocycles. The number of hydrogen-bond acceptors (Lipinski definition) is 5. The van der Waals surface area contributed by atoms with Crippen molar-refractivity contribution in [3.05, 3.63) is 71.8 Å². The van der Waals surface area contributed by atoms with E-state index >= 15 is 0 Å². The lowest BCUT2D eigenvalue weighted by atomic mass is 9.91. The van der Waals surface area contributed by atoms with Crippen LogP contribution in [0.25, 0.3) is 0 Å². The van der Waals surface area contributed by atoms with E-state index < -0.39 is 13.9 Å². The largest absolute Gasteiger partial charge is 0.444 e. The summed E-state index contributed by atoms with van der Waals surface area (Å²) in [5, 5.41) is 0.0297. The van der Waals surface area contributed by atoms with Crippen molar-refractivity contribution in [3.63, 3.8) is 0 Å². The number of amides is 3. The van der Waals surface area contributed by atoms with E-state index in [2.05, 4.69) is 70.0 Å².